The van der Waals surface area contributed by atoms with Crippen LogP contribution in [0.5, 0.6) is 0 Å². The zero-order valence-corrected chi connectivity index (χ0v) is 9.83. The maximum atomic E-state index is 4.41. The number of imidazole rings is 1. The van der Waals surface area contributed by atoms with Crippen molar-refractivity contribution in [3.8, 4) is 22.6 Å². The highest BCUT2D eigenvalue weighted by atomic mass is 15.1. The number of rotatable bonds is 2. The van der Waals surface area contributed by atoms with Crippen LogP contribution in [0.4, 0.5) is 0 Å². The molecule has 4 aromatic heterocycles. The molecule has 0 bridgehead atoms. The zero-order chi connectivity index (χ0) is 12.7. The van der Waals surface area contributed by atoms with Gasteiger partial charge in [-0.1, -0.05) is 0 Å². The van der Waals surface area contributed by atoms with E-state index in [-0.39, 0.29) is 0 Å². The van der Waals surface area contributed by atoms with Crippen LogP contribution in [0.25, 0.3) is 28.3 Å². The number of hydrogen-bond donors (Lipinski definition) is 3. The Morgan fingerprint density at radius 1 is 1.11 bits per heavy atom. The van der Waals surface area contributed by atoms with Gasteiger partial charge in [-0.05, 0) is 6.07 Å². The lowest BCUT2D eigenvalue weighted by molar-refractivity contribution is -0.498. The molecule has 92 valence electrons. The quantitative estimate of drug-likeness (QED) is 0.463. The van der Waals surface area contributed by atoms with Gasteiger partial charge in [-0.2, -0.15) is 14.6 Å². The topological polar surface area (TPSA) is 90.1 Å². The van der Waals surface area contributed by atoms with E-state index in [0.717, 1.165) is 28.3 Å². The first-order chi connectivity index (χ1) is 9.42. The second-order valence-electron chi connectivity index (χ2n) is 4.16. The van der Waals surface area contributed by atoms with Gasteiger partial charge in [0.2, 0.25) is 0 Å². The molecule has 4 aromatic rings. The van der Waals surface area contributed by atoms with Crippen LogP contribution in [-0.2, 0) is 0 Å². The van der Waals surface area contributed by atoms with E-state index in [0.29, 0.717) is 0 Å². The Kier molecular flexibility index (Phi) is 1.99. The van der Waals surface area contributed by atoms with Crippen molar-refractivity contribution in [2.75, 3.05) is 0 Å². The number of aromatic amines is 3. The number of hydrogen-bond acceptors (Lipinski definition) is 3. The molecule has 0 amide bonds. The number of H-pyrrole nitrogens is 3. The molecule has 19 heavy (non-hydrogen) atoms. The summed E-state index contributed by atoms with van der Waals surface area (Å²) in [5, 5.41) is 13.7. The molecule has 0 aliphatic rings. The van der Waals surface area contributed by atoms with Gasteiger partial charge < -0.3 is 0 Å². The molecule has 0 saturated heterocycles. The lowest BCUT2D eigenvalue weighted by atomic mass is 10.2. The van der Waals surface area contributed by atoms with Crippen LogP contribution in [-0.4, -0.2) is 30.4 Å². The highest BCUT2D eigenvalue weighted by Crippen LogP contribution is 2.16. The summed E-state index contributed by atoms with van der Waals surface area (Å²) in [5.41, 5.74) is 4.66. The zero-order valence-electron chi connectivity index (χ0n) is 9.83. The Hall–Kier alpha value is -2.96. The van der Waals surface area contributed by atoms with Crippen molar-refractivity contribution in [2.45, 2.75) is 0 Å². The van der Waals surface area contributed by atoms with Gasteiger partial charge in [-0.15, -0.1) is 0 Å². The Labute approximate surface area is 107 Å². The number of nitrogens with one attached hydrogen (secondary N) is 3. The van der Waals surface area contributed by atoms with Crippen molar-refractivity contribution in [1.29, 1.82) is 0 Å². The molecule has 0 aliphatic heterocycles. The fourth-order valence-electron chi connectivity index (χ4n) is 2.08. The number of fused-ring (bicyclic) bond motifs is 1. The van der Waals surface area contributed by atoms with E-state index >= 15 is 0 Å². The van der Waals surface area contributed by atoms with Crippen LogP contribution >= 0.6 is 0 Å². The lowest BCUT2D eigenvalue weighted by Gasteiger charge is -1.95. The maximum Gasteiger partial charge on any atom is 0.303 e. The van der Waals surface area contributed by atoms with E-state index in [9.17, 15) is 0 Å². The Bertz CT molecular complexity index is 811. The molecule has 0 aromatic carbocycles. The first-order valence-corrected chi connectivity index (χ1v) is 5.79. The van der Waals surface area contributed by atoms with Crippen LogP contribution in [0.2, 0.25) is 0 Å². The van der Waals surface area contributed by atoms with Gasteiger partial charge in [0, 0.05) is 18.0 Å². The molecule has 0 atom stereocenters. The summed E-state index contributed by atoms with van der Waals surface area (Å²) in [6, 6.07) is 1.92. The van der Waals surface area contributed by atoms with Crippen molar-refractivity contribution in [3.05, 3.63) is 43.2 Å². The highest BCUT2D eigenvalue weighted by molar-refractivity contribution is 5.57. The smallest absolute Gasteiger partial charge is 0.285 e. The fourth-order valence-corrected chi connectivity index (χ4v) is 2.08. The minimum Gasteiger partial charge on any atom is -0.285 e. The molecule has 7 nitrogen and oxygen atoms in total. The van der Waals surface area contributed by atoms with Gasteiger partial charge in [0.15, 0.2) is 5.69 Å². The van der Waals surface area contributed by atoms with Crippen LogP contribution < -0.4 is 4.40 Å². The summed E-state index contributed by atoms with van der Waals surface area (Å²) in [7, 11) is 0. The largest absolute Gasteiger partial charge is 0.303 e. The Morgan fingerprint density at radius 3 is 2.89 bits per heavy atom. The summed E-state index contributed by atoms with van der Waals surface area (Å²) in [4.78, 5) is 7.58. The van der Waals surface area contributed by atoms with Crippen LogP contribution in [0.1, 0.15) is 0 Å². The van der Waals surface area contributed by atoms with Gasteiger partial charge in [0.25, 0.3) is 0 Å². The molecule has 0 unspecified atom stereocenters. The van der Waals surface area contributed by atoms with Gasteiger partial charge in [-0.3, -0.25) is 10.2 Å². The Balaban J connectivity index is 1.95. The van der Waals surface area contributed by atoms with E-state index in [1.807, 2.05) is 29.1 Å². The number of aromatic nitrogens is 7. The second kappa shape index (κ2) is 3.77. The first kappa shape index (κ1) is 10.0. The molecule has 0 spiro atoms. The molecular weight excluding hydrogens is 242 g/mol. The predicted octanol–water partition coefficient (Wildman–Crippen LogP) is 0.929. The fraction of sp³-hybridized carbons (Fsp3) is 0. The maximum absolute atomic E-state index is 4.41. The van der Waals surface area contributed by atoms with Gasteiger partial charge in [0.1, 0.15) is 30.0 Å². The summed E-state index contributed by atoms with van der Waals surface area (Å²) >= 11 is 0. The molecular formula is C12H10N7+. The van der Waals surface area contributed by atoms with E-state index in [1.165, 1.54) is 0 Å². The van der Waals surface area contributed by atoms with Gasteiger partial charge in [-0.25, -0.2) is 9.97 Å². The molecule has 0 fully saturated rings. The molecule has 0 radical (unpaired) electrons. The average molecular weight is 252 g/mol. The molecule has 7 heteroatoms. The molecule has 0 saturated carbocycles. The summed E-state index contributed by atoms with van der Waals surface area (Å²) in [6.45, 7) is 0. The molecule has 4 heterocycles. The standard InChI is InChI=1S/C12H9N7/c1-2-15-18-9(1)11-5-14-12-6-13-10(7-19(11)12)8-3-16-17-4-8/h1-7H,(H2,13,15,16,17,18)/p+1. The second-order valence-corrected chi connectivity index (χ2v) is 4.16. The van der Waals surface area contributed by atoms with Crippen molar-refractivity contribution < 1.29 is 4.40 Å². The molecule has 0 aliphatic carbocycles. The van der Waals surface area contributed by atoms with Crippen molar-refractivity contribution in [3.63, 3.8) is 0 Å². The van der Waals surface area contributed by atoms with Gasteiger partial charge in [0.05, 0.1) is 6.20 Å². The van der Waals surface area contributed by atoms with E-state index in [4.69, 9.17) is 0 Å². The lowest BCUT2D eigenvalue weighted by Crippen LogP contribution is -2.22. The van der Waals surface area contributed by atoms with Crippen LogP contribution in [0.15, 0.2) is 43.2 Å². The third-order valence-electron chi connectivity index (χ3n) is 3.02. The summed E-state index contributed by atoms with van der Waals surface area (Å²) in [5.74, 6) is 0. The highest BCUT2D eigenvalue weighted by Gasteiger charge is 2.15. The van der Waals surface area contributed by atoms with Crippen LogP contribution in [0.3, 0.4) is 0 Å². The van der Waals surface area contributed by atoms with Crippen LogP contribution in [0, 0.1) is 0 Å². The Morgan fingerprint density at radius 2 is 2.11 bits per heavy atom. The normalized spacial score (nSPS) is 11.2. The van der Waals surface area contributed by atoms with E-state index in [2.05, 4.69) is 30.4 Å². The third kappa shape index (κ3) is 1.52. The molecule has 3 N–H and O–H groups in total. The minimum absolute atomic E-state index is 0.853. The van der Waals surface area contributed by atoms with Crippen molar-refractivity contribution >= 4 is 5.65 Å². The van der Waals surface area contributed by atoms with E-state index in [1.54, 1.807) is 18.6 Å². The third-order valence-corrected chi connectivity index (χ3v) is 3.02. The minimum atomic E-state index is 0.853. The van der Waals surface area contributed by atoms with E-state index < -0.39 is 0 Å². The number of nitrogens with zero attached hydrogens (tertiary/aromatic N) is 4. The summed E-state index contributed by atoms with van der Waals surface area (Å²) < 4.78 is 2.03. The van der Waals surface area contributed by atoms with Crippen molar-refractivity contribution in [2.24, 2.45) is 0 Å². The SMILES string of the molecule is c1cc(-c2c[nH]c3cnc(-c4cn[nH]c4)c[n+]23)[nH]n1. The van der Waals surface area contributed by atoms with Gasteiger partial charge >= 0.3 is 5.65 Å². The monoisotopic (exact) mass is 252 g/mol. The molecule has 4 rings (SSSR count). The first-order valence-electron chi connectivity index (χ1n) is 5.79. The summed E-state index contributed by atoms with van der Waals surface area (Å²) in [6.07, 6.45) is 11.0. The predicted molar refractivity (Wildman–Crippen MR) is 66.9 cm³/mol. The van der Waals surface area contributed by atoms with Crippen molar-refractivity contribution in [1.82, 2.24) is 30.4 Å². The average Bonchev–Trinajstić information content (AvgIpc) is 3.18.